The molecule has 29 heteroatoms. The van der Waals surface area contributed by atoms with Crippen molar-refractivity contribution >= 4 is 57.4 Å². The second kappa shape index (κ2) is 38.0. The number of benzene rings is 6. The third kappa shape index (κ3) is 31.5. The highest BCUT2D eigenvalue weighted by molar-refractivity contribution is 9.10. The summed E-state index contributed by atoms with van der Waals surface area (Å²) in [5.74, 6) is -5.18. The molecule has 6 aromatic carbocycles. The van der Waals surface area contributed by atoms with E-state index >= 15 is 0 Å². The number of non-ortho nitro benzene ring substituents is 1. The van der Waals surface area contributed by atoms with Crippen LogP contribution in [0.5, 0.6) is 5.75 Å². The van der Waals surface area contributed by atoms with Gasteiger partial charge < -0.3 is 69.8 Å². The van der Waals surface area contributed by atoms with E-state index in [0.717, 1.165) is 50.7 Å². The van der Waals surface area contributed by atoms with E-state index in [1.807, 2.05) is 61.5 Å². The molecule has 0 spiro atoms. The van der Waals surface area contributed by atoms with E-state index in [9.17, 15) is 65.2 Å². The lowest BCUT2D eigenvalue weighted by Gasteiger charge is -2.20. The van der Waals surface area contributed by atoms with Crippen molar-refractivity contribution in [1.82, 2.24) is 0 Å². The number of carboxylic acid groups (broad SMARTS) is 6. The molecule has 0 fully saturated rings. The maximum absolute atomic E-state index is 12.5. The summed E-state index contributed by atoms with van der Waals surface area (Å²) in [4.78, 5) is 72.3. The molecule has 0 saturated heterocycles. The lowest BCUT2D eigenvalue weighted by molar-refractivity contribution is -0.384. The van der Waals surface area contributed by atoms with Gasteiger partial charge in [-0.2, -0.15) is 26.3 Å². The number of alkyl halides is 6. The van der Waals surface area contributed by atoms with Gasteiger partial charge in [0.05, 0.1) is 61.7 Å². The smallest absolute Gasteiger partial charge is 0.416 e. The Balaban J connectivity index is 0.000000547. The summed E-state index contributed by atoms with van der Waals surface area (Å²) in [5, 5.41) is 61.6. The normalized spacial score (nSPS) is 12.9. The molecule has 0 amide bonds. The summed E-state index contributed by atoms with van der Waals surface area (Å²) < 4.78 is 80.3. The summed E-state index contributed by atoms with van der Waals surface area (Å²) in [6, 6.07) is 31.1. The summed E-state index contributed by atoms with van der Waals surface area (Å²) >= 11 is 3.29. The van der Waals surface area contributed by atoms with Gasteiger partial charge in [0.25, 0.3) is 5.69 Å². The molecule has 6 rings (SSSR count). The quantitative estimate of drug-likeness (QED) is 0.0192. The number of ether oxygens (including phenoxy) is 1. The lowest BCUT2D eigenvalue weighted by Crippen LogP contribution is -2.19. The Kier molecular flexibility index (Phi) is 33.5. The van der Waals surface area contributed by atoms with Gasteiger partial charge in [-0.05, 0) is 93.2 Å². The molecule has 0 aromatic heterocycles. The van der Waals surface area contributed by atoms with E-state index in [1.54, 1.807) is 19.2 Å². The highest BCUT2D eigenvalue weighted by Crippen LogP contribution is 2.35. The van der Waals surface area contributed by atoms with Crippen LogP contribution in [0.2, 0.25) is 0 Å². The van der Waals surface area contributed by atoms with Crippen molar-refractivity contribution in [3.05, 3.63) is 210 Å². The van der Waals surface area contributed by atoms with Gasteiger partial charge in [0, 0.05) is 52.9 Å². The number of nitrogens with two attached hydrogens (primary N) is 6. The zero-order chi connectivity index (χ0) is 69.7. The van der Waals surface area contributed by atoms with Gasteiger partial charge >= 0.3 is 48.2 Å². The maximum atomic E-state index is 12.5. The van der Waals surface area contributed by atoms with Crippen LogP contribution < -0.4 is 39.1 Å². The van der Waals surface area contributed by atoms with Gasteiger partial charge in [0.1, 0.15) is 5.75 Å². The highest BCUT2D eigenvalue weighted by atomic mass is 79.9. The van der Waals surface area contributed by atoms with Crippen LogP contribution in [0.15, 0.2) is 144 Å². The monoisotopic (exact) mass is 1350 g/mol. The molecule has 6 aromatic rings. The molecule has 0 saturated carbocycles. The largest absolute Gasteiger partial charge is 0.496 e. The Morgan fingerprint density at radius 2 is 0.780 bits per heavy atom. The third-order valence-corrected chi connectivity index (χ3v) is 13.1. The van der Waals surface area contributed by atoms with Crippen molar-refractivity contribution in [3.8, 4) is 5.75 Å². The van der Waals surface area contributed by atoms with Crippen LogP contribution in [-0.2, 0) is 46.5 Å². The molecule has 0 aliphatic rings. The Bertz CT molecular complexity index is 3230. The van der Waals surface area contributed by atoms with Gasteiger partial charge in [-0.1, -0.05) is 128 Å². The number of hydrogen-bond acceptors (Lipinski definition) is 15. The first kappa shape index (κ1) is 80.2. The van der Waals surface area contributed by atoms with E-state index < -0.39 is 107 Å². The maximum Gasteiger partial charge on any atom is 0.416 e. The van der Waals surface area contributed by atoms with Crippen molar-refractivity contribution in [2.24, 2.45) is 34.4 Å². The Morgan fingerprint density at radius 1 is 0.473 bits per heavy atom. The zero-order valence-electron chi connectivity index (χ0n) is 49.9. The number of carboxylic acids is 6. The van der Waals surface area contributed by atoms with Crippen molar-refractivity contribution in [2.45, 2.75) is 120 Å². The first-order valence-corrected chi connectivity index (χ1v) is 27.8. The topological polar surface area (TPSA) is 432 Å². The minimum absolute atomic E-state index is 0.0329. The van der Waals surface area contributed by atoms with Gasteiger partial charge in [-0.25, -0.2) is 0 Å². The summed E-state index contributed by atoms with van der Waals surface area (Å²) in [6.45, 7) is 8.31. The fraction of sp³-hybridized carbons (Fsp3) is 0.323. The molecule has 0 aliphatic carbocycles. The molecule has 6 unspecified atom stereocenters. The second-order valence-corrected chi connectivity index (χ2v) is 21.8. The number of aliphatic carboxylic acids is 6. The average molecular weight is 1350 g/mol. The summed E-state index contributed by atoms with van der Waals surface area (Å²) in [5.41, 5.74) is 37.5. The second-order valence-electron chi connectivity index (χ2n) is 20.9. The highest BCUT2D eigenvalue weighted by Gasteiger charge is 2.35. The molecule has 0 bridgehead atoms. The van der Waals surface area contributed by atoms with E-state index in [4.69, 9.17) is 69.8 Å². The Labute approximate surface area is 528 Å². The first-order valence-electron chi connectivity index (χ1n) is 27.0. The Hall–Kier alpha value is -8.84. The number of halogens is 7. The molecule has 0 aliphatic heterocycles. The number of nitrogens with zero attached hydrogens (tertiary/aromatic N) is 1. The van der Waals surface area contributed by atoms with Crippen LogP contribution >= 0.6 is 15.9 Å². The molecular weight excluding hydrogens is 1280 g/mol. The molecule has 18 N–H and O–H groups in total. The molecule has 0 heterocycles. The van der Waals surface area contributed by atoms with Crippen LogP contribution in [0.4, 0.5) is 32.0 Å². The van der Waals surface area contributed by atoms with Gasteiger partial charge in [-0.15, -0.1) is 0 Å². The Morgan fingerprint density at radius 3 is 1.09 bits per heavy atom. The minimum atomic E-state index is -4.52. The van der Waals surface area contributed by atoms with E-state index in [1.165, 1.54) is 60.2 Å². The molecule has 22 nitrogen and oxygen atoms in total. The zero-order valence-corrected chi connectivity index (χ0v) is 51.5. The van der Waals surface area contributed by atoms with E-state index in [-0.39, 0.29) is 48.8 Å². The van der Waals surface area contributed by atoms with Gasteiger partial charge in [0.15, 0.2) is 0 Å². The fourth-order valence-electron chi connectivity index (χ4n) is 7.74. The van der Waals surface area contributed by atoms with E-state index in [2.05, 4.69) is 36.7 Å². The number of methoxy groups -OCH3 is 1. The average Bonchev–Trinajstić information content (AvgIpc) is 1.60. The van der Waals surface area contributed by atoms with Crippen LogP contribution in [0.3, 0.4) is 0 Å². The molecule has 6 atom stereocenters. The van der Waals surface area contributed by atoms with E-state index in [0.29, 0.717) is 11.1 Å². The molecular formula is C62H74BrF6N7O15. The first-order chi connectivity index (χ1) is 42.1. The fourth-order valence-corrected chi connectivity index (χ4v) is 8.01. The van der Waals surface area contributed by atoms with Crippen molar-refractivity contribution in [3.63, 3.8) is 0 Å². The number of nitro groups is 1. The van der Waals surface area contributed by atoms with Crippen molar-refractivity contribution in [2.75, 3.05) is 7.11 Å². The van der Waals surface area contributed by atoms with Crippen LogP contribution in [0, 0.1) is 17.0 Å². The van der Waals surface area contributed by atoms with Crippen molar-refractivity contribution in [1.29, 1.82) is 0 Å². The molecule has 0 radical (unpaired) electrons. The number of rotatable bonds is 20. The molecule has 496 valence electrons. The van der Waals surface area contributed by atoms with Crippen LogP contribution in [-0.4, -0.2) is 78.5 Å². The number of carbonyl (C=O) groups is 6. The summed E-state index contributed by atoms with van der Waals surface area (Å²) in [6.07, 6.45) is -10.1. The van der Waals surface area contributed by atoms with Crippen LogP contribution in [0.1, 0.15) is 151 Å². The molecule has 91 heavy (non-hydrogen) atoms. The van der Waals surface area contributed by atoms with Crippen LogP contribution in [0.25, 0.3) is 0 Å². The predicted octanol–water partition coefficient (Wildman–Crippen LogP) is 11.3. The van der Waals surface area contributed by atoms with Crippen molar-refractivity contribution < 1.29 is 95.4 Å². The minimum Gasteiger partial charge on any atom is -0.496 e. The SMILES string of the molecule is CC(C)(C)c1ccc(C(N)CC(=O)O)cc1.COc1ccc(C(N)CC(=O)O)cc1C.NC(CC(=O)O)c1ccc(Br)cc1.NC(CC(=O)O)c1ccc(C(F)(F)F)cc1.NC(CC(=O)O)c1ccc([N+](=O)[O-])cc1.NC(CC(=O)O)c1ccccc1C(F)(F)F. The number of nitro benzene ring substituents is 1. The number of aryl methyl sites for hydroxylation is 1. The summed E-state index contributed by atoms with van der Waals surface area (Å²) in [7, 11) is 1.60. The van der Waals surface area contributed by atoms with Gasteiger partial charge in [0.2, 0.25) is 0 Å². The number of hydrogen-bond donors (Lipinski definition) is 12. The standard InChI is InChI=1S/C13H19NO2.C11H15NO3.2C10H10F3NO2.C9H10BrNO2.C9H10N2O4/c1-13(2,3)10-6-4-9(5-7-10)11(14)8-12(15)16;1-7-5-8(3-4-10(7)15-2)9(12)6-11(13)14;11-10(12,13)7-3-1-6(2-4-7)8(14)5-9(15)16;11-10(12,13)7-4-2-1-3-6(7)8(14)5-9(15)16;10-7-3-1-6(2-4-7)8(11)5-9(12)13;10-8(5-9(12)13)6-1-3-7(4-2-6)11(14)15/h4-7,11H,8,14H2,1-3H3,(H,15,16);3-5,9H,6,12H2,1-2H3,(H,13,14);2*1-4,8H,5,14H2,(H,15,16);1-4,8H,5,11H2,(H,12,13);1-4,8H,5,10H2,(H,12,13). The third-order valence-electron chi connectivity index (χ3n) is 12.6. The predicted molar refractivity (Wildman–Crippen MR) is 328 cm³/mol. The lowest BCUT2D eigenvalue weighted by atomic mass is 9.86. The van der Waals surface area contributed by atoms with Gasteiger partial charge in [-0.3, -0.25) is 38.9 Å².